The number of esters is 4. The number of nitrogens with one attached hydrogen (secondary N) is 3. The molecule has 380 valence electrons. The number of aliphatic carboxylic acids is 1. The Bertz CT molecular complexity index is 2390. The summed E-state index contributed by atoms with van der Waals surface area (Å²) in [5, 5.41) is 34.8. The van der Waals surface area contributed by atoms with Crippen LogP contribution in [-0.2, 0) is 61.9 Å². The van der Waals surface area contributed by atoms with Gasteiger partial charge in [-0.25, -0.2) is 24.0 Å². The van der Waals surface area contributed by atoms with Gasteiger partial charge in [-0.3, -0.25) is 4.79 Å². The van der Waals surface area contributed by atoms with Gasteiger partial charge in [-0.2, -0.15) is 0 Å². The molecule has 3 heterocycles. The Labute approximate surface area is 414 Å². The van der Waals surface area contributed by atoms with Crippen molar-refractivity contribution >= 4 is 59.0 Å². The number of carbonyl (C=O) groups is 6. The second-order valence-electron chi connectivity index (χ2n) is 14.6. The summed E-state index contributed by atoms with van der Waals surface area (Å²) in [7, 11) is 2.54. The normalized spacial score (nSPS) is 18.4. The predicted octanol–water partition coefficient (Wildman–Crippen LogP) is 3.54. The van der Waals surface area contributed by atoms with Crippen LogP contribution < -0.4 is 21.7 Å². The number of amides is 1. The van der Waals surface area contributed by atoms with Gasteiger partial charge in [0.2, 0.25) is 5.91 Å². The van der Waals surface area contributed by atoms with E-state index < -0.39 is 60.2 Å². The average Bonchev–Trinajstić information content (AvgIpc) is 3.72. The number of benzene rings is 2. The summed E-state index contributed by atoms with van der Waals surface area (Å²) in [4.78, 5) is 73.3. The molecule has 20 nitrogen and oxygen atoms in total. The van der Waals surface area contributed by atoms with Crippen LogP contribution in [0.3, 0.4) is 0 Å². The topological polar surface area (TPSA) is 290 Å². The lowest BCUT2D eigenvalue weighted by Gasteiger charge is -2.31. The van der Waals surface area contributed by atoms with Crippen molar-refractivity contribution in [1.82, 2.24) is 16.0 Å². The smallest absolute Gasteiger partial charge is 0.336 e. The number of allylic oxidation sites excluding steroid dienone is 2. The Balaban J connectivity index is 0.000000329. The van der Waals surface area contributed by atoms with Crippen molar-refractivity contribution < 1.29 is 77.2 Å². The molecule has 0 fully saturated rings. The molecule has 2 aromatic carbocycles. The largest absolute Gasteiger partial charge is 0.478 e. The van der Waals surface area contributed by atoms with Crippen molar-refractivity contribution in [2.45, 2.75) is 52.1 Å². The van der Waals surface area contributed by atoms with Gasteiger partial charge >= 0.3 is 29.8 Å². The van der Waals surface area contributed by atoms with Gasteiger partial charge in [0, 0.05) is 46.7 Å². The second kappa shape index (κ2) is 29.6. The van der Waals surface area contributed by atoms with E-state index in [4.69, 9.17) is 72.7 Å². The molecule has 70 heavy (non-hydrogen) atoms. The molecule has 22 heteroatoms. The number of carbonyl (C=O) groups excluding carboxylic acids is 5. The van der Waals surface area contributed by atoms with Crippen LogP contribution in [0.25, 0.3) is 0 Å². The zero-order valence-corrected chi connectivity index (χ0v) is 40.9. The lowest BCUT2D eigenvalue weighted by molar-refractivity contribution is -0.147. The van der Waals surface area contributed by atoms with Crippen molar-refractivity contribution in [3.05, 3.63) is 139 Å². The molecule has 3 aliphatic heterocycles. The molecule has 4 atom stereocenters. The third-order valence-corrected chi connectivity index (χ3v) is 10.6. The third-order valence-electron chi connectivity index (χ3n) is 9.92. The minimum Gasteiger partial charge on any atom is -0.478 e. The van der Waals surface area contributed by atoms with E-state index in [0.717, 1.165) is 12.2 Å². The summed E-state index contributed by atoms with van der Waals surface area (Å²) >= 11 is 12.9. The number of nitrogens with two attached hydrogens (primary N) is 1. The van der Waals surface area contributed by atoms with Gasteiger partial charge in [0.1, 0.15) is 0 Å². The van der Waals surface area contributed by atoms with Gasteiger partial charge in [-0.05, 0) is 63.1 Å². The summed E-state index contributed by atoms with van der Waals surface area (Å²) in [5.74, 6) is -5.82. The van der Waals surface area contributed by atoms with Crippen LogP contribution in [0.4, 0.5) is 0 Å². The van der Waals surface area contributed by atoms with E-state index in [0.29, 0.717) is 62.7 Å². The second-order valence-corrected chi connectivity index (χ2v) is 15.4. The highest BCUT2D eigenvalue weighted by Crippen LogP contribution is 2.43. The SMILES string of the molecule is CCOC(=O)C1=C(COCCN)NC(C)=C(C(=O)OC)C1c1ccccc1Cl.CCOC(=O)C1=C(COCCNC(=O)/C=C\C(=O)O)NC(C)=C(C(=O)OC)C1c1ccccc1Cl.OC1C=CC(O)O1. The van der Waals surface area contributed by atoms with Crippen LogP contribution in [-0.4, -0.2) is 131 Å². The number of hydrogen-bond donors (Lipinski definition) is 7. The van der Waals surface area contributed by atoms with E-state index in [1.807, 2.05) is 0 Å². The van der Waals surface area contributed by atoms with Crippen molar-refractivity contribution in [2.24, 2.45) is 5.73 Å². The Morgan fingerprint density at radius 2 is 1.11 bits per heavy atom. The molecular formula is C48H58Cl2N4O16. The fourth-order valence-electron chi connectivity index (χ4n) is 7.03. The summed E-state index contributed by atoms with van der Waals surface area (Å²) in [6, 6.07) is 13.9. The minimum atomic E-state index is -1.24. The number of aliphatic hydroxyl groups excluding tert-OH is 2. The molecule has 8 N–H and O–H groups in total. The van der Waals surface area contributed by atoms with Gasteiger partial charge in [0.05, 0.1) is 99.4 Å². The van der Waals surface area contributed by atoms with Crippen molar-refractivity contribution in [3.63, 3.8) is 0 Å². The van der Waals surface area contributed by atoms with Crippen LogP contribution in [0, 0.1) is 0 Å². The number of carboxylic acids is 1. The maximum atomic E-state index is 13.1. The molecule has 0 aromatic heterocycles. The molecule has 4 unspecified atom stereocenters. The van der Waals surface area contributed by atoms with E-state index in [2.05, 4.69) is 20.7 Å². The molecular weight excluding hydrogens is 959 g/mol. The van der Waals surface area contributed by atoms with Gasteiger partial charge in [0.15, 0.2) is 12.6 Å². The van der Waals surface area contributed by atoms with E-state index in [9.17, 15) is 28.8 Å². The number of halogens is 2. The van der Waals surface area contributed by atoms with Crippen LogP contribution in [0.2, 0.25) is 10.0 Å². The number of carboxylic acid groups (broad SMARTS) is 1. The van der Waals surface area contributed by atoms with E-state index in [1.165, 1.54) is 26.4 Å². The first kappa shape index (κ1) is 58.0. The molecule has 0 radical (unpaired) electrons. The van der Waals surface area contributed by atoms with Crippen LogP contribution in [0.1, 0.15) is 50.7 Å². The quantitative estimate of drug-likeness (QED) is 0.0348. The Morgan fingerprint density at radius 3 is 1.47 bits per heavy atom. The molecule has 0 bridgehead atoms. The molecule has 5 rings (SSSR count). The zero-order chi connectivity index (χ0) is 51.9. The molecule has 3 aliphatic rings. The lowest BCUT2D eigenvalue weighted by Crippen LogP contribution is -2.35. The van der Waals surface area contributed by atoms with Gasteiger partial charge in [-0.1, -0.05) is 59.6 Å². The van der Waals surface area contributed by atoms with Crippen molar-refractivity contribution in [2.75, 3.05) is 67.0 Å². The van der Waals surface area contributed by atoms with E-state index in [1.54, 1.807) is 76.2 Å². The fourth-order valence-corrected chi connectivity index (χ4v) is 7.52. The number of dihydropyridines is 2. The highest BCUT2D eigenvalue weighted by Gasteiger charge is 2.41. The van der Waals surface area contributed by atoms with E-state index in [-0.39, 0.29) is 56.3 Å². The first-order chi connectivity index (χ1) is 33.4. The van der Waals surface area contributed by atoms with Crippen LogP contribution >= 0.6 is 23.2 Å². The minimum absolute atomic E-state index is 0.0668. The monoisotopic (exact) mass is 1020 g/mol. The fraction of sp³-hybridized carbons (Fsp3) is 0.375. The highest BCUT2D eigenvalue weighted by atomic mass is 35.5. The van der Waals surface area contributed by atoms with E-state index >= 15 is 0 Å². The number of aliphatic hydroxyl groups is 2. The highest BCUT2D eigenvalue weighted by molar-refractivity contribution is 6.32. The summed E-state index contributed by atoms with van der Waals surface area (Å²) in [6.45, 7) is 7.96. The number of ether oxygens (including phenoxy) is 7. The van der Waals surface area contributed by atoms with Crippen LogP contribution in [0.15, 0.2) is 118 Å². The molecule has 0 saturated heterocycles. The molecule has 0 spiro atoms. The zero-order valence-electron chi connectivity index (χ0n) is 39.4. The average molecular weight is 1020 g/mol. The van der Waals surface area contributed by atoms with Gasteiger partial charge in [0.25, 0.3) is 0 Å². The molecule has 0 aliphatic carbocycles. The first-order valence-electron chi connectivity index (χ1n) is 21.6. The number of methoxy groups -OCH3 is 2. The number of rotatable bonds is 19. The van der Waals surface area contributed by atoms with Crippen LogP contribution in [0.5, 0.6) is 0 Å². The Morgan fingerprint density at radius 1 is 0.686 bits per heavy atom. The lowest BCUT2D eigenvalue weighted by atomic mass is 9.80. The Hall–Kier alpha value is -6.36. The van der Waals surface area contributed by atoms with Gasteiger partial charge in [-0.15, -0.1) is 0 Å². The van der Waals surface area contributed by atoms with Crippen molar-refractivity contribution in [1.29, 1.82) is 0 Å². The maximum absolute atomic E-state index is 13.1. The predicted molar refractivity (Wildman–Crippen MR) is 254 cm³/mol. The third kappa shape index (κ3) is 16.7. The summed E-state index contributed by atoms with van der Waals surface area (Å²) in [5.41, 5.74) is 9.42. The standard InChI is InChI=1S/C24H27ClN2O8.C20H25ClN2O5.C4H6O3/c1-4-35-24(32)22-17(13-34-12-11-26-18(28)9-10-19(29)30)27-14(2)20(23(31)33-3)21(22)15-7-5-6-8-16(15)25;1-4-28-20(25)18-15(11-27-10-9-22)23-12(2)16(19(24)26-3)17(18)13-7-5-6-8-14(13)21;5-3-1-2-4(6)7-3/h5-10,21,27H,4,11-13H2,1-3H3,(H,26,28)(H,29,30);5-8,17,23H,4,9-11,22H2,1-3H3;1-6H/b10-9-;;. The molecule has 2 aromatic rings. The molecule has 1 amide bonds. The molecule has 0 saturated carbocycles. The van der Waals surface area contributed by atoms with Gasteiger partial charge < -0.3 is 70.2 Å². The first-order valence-corrected chi connectivity index (χ1v) is 22.4. The number of hydrogen-bond acceptors (Lipinski definition) is 18. The summed E-state index contributed by atoms with van der Waals surface area (Å²) < 4.78 is 36.0. The summed E-state index contributed by atoms with van der Waals surface area (Å²) in [6.07, 6.45) is 2.56. The Kier molecular flexibility index (Phi) is 24.5. The van der Waals surface area contributed by atoms with Crippen molar-refractivity contribution in [3.8, 4) is 0 Å². The maximum Gasteiger partial charge on any atom is 0.336 e.